The van der Waals surface area contributed by atoms with Crippen molar-refractivity contribution in [2.45, 2.75) is 13.5 Å². The molecule has 12 heavy (non-hydrogen) atoms. The molecule has 0 radical (unpaired) electrons. The fourth-order valence-electron chi connectivity index (χ4n) is 0.853. The molecule has 1 aromatic heterocycles. The van der Waals surface area contributed by atoms with Crippen molar-refractivity contribution >= 4 is 6.09 Å². The van der Waals surface area contributed by atoms with Crippen molar-refractivity contribution < 1.29 is 11.3 Å². The number of aromatic nitrogens is 1. The van der Waals surface area contributed by atoms with Crippen LogP contribution in [0.4, 0.5) is 4.79 Å². The summed E-state index contributed by atoms with van der Waals surface area (Å²) in [5, 5.41) is 10.6. The predicted molar refractivity (Wildman–Crippen MR) is 46.0 cm³/mol. The van der Waals surface area contributed by atoms with E-state index >= 15 is 0 Å². The number of rotatable bonds is 2. The Hall–Kier alpha value is -1.58. The predicted octanol–water partition coefficient (Wildman–Crippen LogP) is 1.40. The standard InChI is InChI=1S/C8H10N2O2.H2/c1-6-2-3-9-4-7(6)5-10-8(11)12;/h2-4,10H,5H2,1H3,(H,11,12);1H. The van der Waals surface area contributed by atoms with Crippen molar-refractivity contribution in [2.24, 2.45) is 0 Å². The van der Waals surface area contributed by atoms with Gasteiger partial charge in [0.25, 0.3) is 0 Å². The molecular weight excluding hydrogens is 156 g/mol. The first kappa shape index (κ1) is 8.52. The molecule has 1 heterocycles. The molecule has 0 saturated carbocycles. The Morgan fingerprint density at radius 3 is 3.17 bits per heavy atom. The number of carbonyl (C=O) groups is 1. The second-order valence-corrected chi connectivity index (χ2v) is 2.46. The van der Waals surface area contributed by atoms with E-state index in [0.29, 0.717) is 6.54 Å². The van der Waals surface area contributed by atoms with Crippen molar-refractivity contribution in [3.8, 4) is 0 Å². The van der Waals surface area contributed by atoms with Crippen LogP contribution in [-0.4, -0.2) is 16.2 Å². The molecule has 0 aliphatic carbocycles. The molecule has 66 valence electrons. The third kappa shape index (κ3) is 2.23. The Morgan fingerprint density at radius 1 is 1.83 bits per heavy atom. The lowest BCUT2D eigenvalue weighted by Gasteiger charge is -2.03. The van der Waals surface area contributed by atoms with Gasteiger partial charge in [0.2, 0.25) is 0 Å². The average molecular weight is 168 g/mol. The number of nitrogens with zero attached hydrogens (tertiary/aromatic N) is 1. The highest BCUT2D eigenvalue weighted by molar-refractivity contribution is 5.64. The zero-order valence-electron chi connectivity index (χ0n) is 6.74. The van der Waals surface area contributed by atoms with E-state index in [1.165, 1.54) is 0 Å². The SMILES string of the molecule is Cc1ccncc1CNC(=O)O.[HH]. The first-order chi connectivity index (χ1) is 5.70. The maximum atomic E-state index is 10.2. The fourth-order valence-corrected chi connectivity index (χ4v) is 0.853. The normalized spacial score (nSPS) is 9.42. The van der Waals surface area contributed by atoms with Gasteiger partial charge in [-0.15, -0.1) is 0 Å². The van der Waals surface area contributed by atoms with Gasteiger partial charge in [-0.3, -0.25) is 4.98 Å². The largest absolute Gasteiger partial charge is 0.465 e. The van der Waals surface area contributed by atoms with Gasteiger partial charge in [-0.2, -0.15) is 0 Å². The molecule has 1 aromatic rings. The summed E-state index contributed by atoms with van der Waals surface area (Å²) in [4.78, 5) is 14.0. The van der Waals surface area contributed by atoms with Crippen LogP contribution in [0.15, 0.2) is 18.5 Å². The molecule has 1 rings (SSSR count). The fraction of sp³-hybridized carbons (Fsp3) is 0.250. The van der Waals surface area contributed by atoms with E-state index in [1.54, 1.807) is 12.4 Å². The molecule has 0 spiro atoms. The molecular formula is C8H12N2O2. The van der Waals surface area contributed by atoms with Crippen LogP contribution in [0.2, 0.25) is 0 Å². The van der Waals surface area contributed by atoms with E-state index < -0.39 is 6.09 Å². The topological polar surface area (TPSA) is 62.2 Å². The van der Waals surface area contributed by atoms with Crippen LogP contribution in [0, 0.1) is 6.92 Å². The van der Waals surface area contributed by atoms with E-state index in [2.05, 4.69) is 10.3 Å². The van der Waals surface area contributed by atoms with Gasteiger partial charge in [0.15, 0.2) is 0 Å². The number of carboxylic acid groups (broad SMARTS) is 1. The van der Waals surface area contributed by atoms with Crippen molar-refractivity contribution in [1.82, 2.24) is 10.3 Å². The molecule has 0 bridgehead atoms. The highest BCUT2D eigenvalue weighted by Crippen LogP contribution is 2.03. The van der Waals surface area contributed by atoms with Crippen LogP contribution in [0.1, 0.15) is 12.6 Å². The van der Waals surface area contributed by atoms with E-state index in [1.807, 2.05) is 13.0 Å². The number of pyridine rings is 1. The lowest BCUT2D eigenvalue weighted by atomic mass is 10.2. The minimum absolute atomic E-state index is 0. The zero-order chi connectivity index (χ0) is 8.97. The zero-order valence-corrected chi connectivity index (χ0v) is 6.74. The molecule has 4 nitrogen and oxygen atoms in total. The van der Waals surface area contributed by atoms with Crippen molar-refractivity contribution in [2.75, 3.05) is 0 Å². The summed E-state index contributed by atoms with van der Waals surface area (Å²) in [5.74, 6) is 0. The summed E-state index contributed by atoms with van der Waals surface area (Å²) < 4.78 is 0. The molecule has 0 aliphatic heterocycles. The Morgan fingerprint density at radius 2 is 2.58 bits per heavy atom. The molecule has 0 unspecified atom stereocenters. The van der Waals surface area contributed by atoms with Gasteiger partial charge in [0.05, 0.1) is 0 Å². The summed E-state index contributed by atoms with van der Waals surface area (Å²) in [6.45, 7) is 2.23. The Balaban J connectivity index is 0.00000144. The number of hydrogen-bond acceptors (Lipinski definition) is 2. The number of hydrogen-bond donors (Lipinski definition) is 2. The highest BCUT2D eigenvalue weighted by Gasteiger charge is 1.98. The van der Waals surface area contributed by atoms with Gasteiger partial charge < -0.3 is 10.4 Å². The Kier molecular flexibility index (Phi) is 2.63. The summed E-state index contributed by atoms with van der Waals surface area (Å²) in [6, 6.07) is 1.85. The summed E-state index contributed by atoms with van der Waals surface area (Å²) in [7, 11) is 0. The molecule has 1 amide bonds. The van der Waals surface area contributed by atoms with Crippen LogP contribution < -0.4 is 5.32 Å². The van der Waals surface area contributed by atoms with Crippen molar-refractivity contribution in [3.05, 3.63) is 29.6 Å². The molecule has 0 atom stereocenters. The maximum Gasteiger partial charge on any atom is 0.404 e. The monoisotopic (exact) mass is 168 g/mol. The first-order valence-corrected chi connectivity index (χ1v) is 3.56. The number of amides is 1. The molecule has 0 fully saturated rings. The van der Waals surface area contributed by atoms with Crippen LogP contribution in [0.5, 0.6) is 0 Å². The van der Waals surface area contributed by atoms with E-state index in [4.69, 9.17) is 5.11 Å². The molecule has 2 N–H and O–H groups in total. The van der Waals surface area contributed by atoms with E-state index in [9.17, 15) is 4.79 Å². The molecule has 0 saturated heterocycles. The van der Waals surface area contributed by atoms with Gasteiger partial charge >= 0.3 is 6.09 Å². The summed E-state index contributed by atoms with van der Waals surface area (Å²) in [6.07, 6.45) is 2.32. The van der Waals surface area contributed by atoms with Gasteiger partial charge in [-0.1, -0.05) is 0 Å². The first-order valence-electron chi connectivity index (χ1n) is 3.56. The second kappa shape index (κ2) is 3.71. The van der Waals surface area contributed by atoms with Crippen LogP contribution in [0.25, 0.3) is 0 Å². The smallest absolute Gasteiger partial charge is 0.404 e. The second-order valence-electron chi connectivity index (χ2n) is 2.46. The molecule has 4 heteroatoms. The lowest BCUT2D eigenvalue weighted by Crippen LogP contribution is -2.20. The van der Waals surface area contributed by atoms with Crippen LogP contribution in [-0.2, 0) is 6.54 Å². The maximum absolute atomic E-state index is 10.2. The minimum atomic E-state index is -1.02. The van der Waals surface area contributed by atoms with Gasteiger partial charge in [-0.25, -0.2) is 4.79 Å². The van der Waals surface area contributed by atoms with Gasteiger partial charge in [0, 0.05) is 20.4 Å². The summed E-state index contributed by atoms with van der Waals surface area (Å²) >= 11 is 0. The van der Waals surface area contributed by atoms with Crippen molar-refractivity contribution in [1.29, 1.82) is 0 Å². The van der Waals surface area contributed by atoms with Crippen LogP contribution >= 0.6 is 0 Å². The number of nitrogens with one attached hydrogen (secondary N) is 1. The summed E-state index contributed by atoms with van der Waals surface area (Å²) in [5.41, 5.74) is 1.94. The Bertz CT molecular complexity index is 291. The third-order valence-corrected chi connectivity index (χ3v) is 1.58. The lowest BCUT2D eigenvalue weighted by molar-refractivity contribution is 0.194. The third-order valence-electron chi connectivity index (χ3n) is 1.58. The Labute approximate surface area is 71.7 Å². The highest BCUT2D eigenvalue weighted by atomic mass is 16.4. The van der Waals surface area contributed by atoms with E-state index in [0.717, 1.165) is 11.1 Å². The number of aryl methyl sites for hydroxylation is 1. The molecule has 0 aliphatic rings. The quantitative estimate of drug-likeness (QED) is 0.701. The molecule has 0 aromatic carbocycles. The van der Waals surface area contributed by atoms with Gasteiger partial charge in [-0.05, 0) is 24.1 Å². The average Bonchev–Trinajstić information content (AvgIpc) is 2.03. The van der Waals surface area contributed by atoms with E-state index in [-0.39, 0.29) is 1.43 Å². The van der Waals surface area contributed by atoms with Crippen LogP contribution in [0.3, 0.4) is 0 Å². The van der Waals surface area contributed by atoms with Crippen molar-refractivity contribution in [3.63, 3.8) is 0 Å². The minimum Gasteiger partial charge on any atom is -0.465 e. The van der Waals surface area contributed by atoms with Gasteiger partial charge in [0.1, 0.15) is 0 Å².